The largest absolute Gasteiger partial charge is 0.437 e. The van der Waals surface area contributed by atoms with Crippen molar-refractivity contribution >= 4 is 11.8 Å². The van der Waals surface area contributed by atoms with E-state index >= 15 is 0 Å². The Morgan fingerprint density at radius 1 is 1.22 bits per heavy atom. The van der Waals surface area contributed by atoms with E-state index in [2.05, 4.69) is 21.8 Å². The van der Waals surface area contributed by atoms with E-state index in [-0.39, 0.29) is 11.8 Å². The first kappa shape index (κ1) is 18.4. The molecule has 7 heteroatoms. The number of hydrogen-bond donors (Lipinski definition) is 1. The van der Waals surface area contributed by atoms with Gasteiger partial charge in [-0.3, -0.25) is 14.6 Å². The third-order valence-electron chi connectivity index (χ3n) is 4.37. The van der Waals surface area contributed by atoms with E-state index in [0.29, 0.717) is 36.0 Å². The molecule has 1 aromatic carbocycles. The van der Waals surface area contributed by atoms with E-state index < -0.39 is 5.91 Å². The number of benzene rings is 1. The maximum Gasteiger partial charge on any atom is 0.298 e. The van der Waals surface area contributed by atoms with Gasteiger partial charge in [0.25, 0.3) is 5.91 Å². The Bertz CT molecular complexity index is 899. The van der Waals surface area contributed by atoms with E-state index in [1.807, 2.05) is 0 Å². The number of primary amides is 1. The van der Waals surface area contributed by atoms with Gasteiger partial charge in [0.1, 0.15) is 11.4 Å². The highest BCUT2D eigenvalue weighted by atomic mass is 16.5. The summed E-state index contributed by atoms with van der Waals surface area (Å²) in [6.07, 6.45) is 4.93. The number of likely N-dealkylation sites (tertiary alicyclic amines) is 1. The predicted octanol–water partition coefficient (Wildman–Crippen LogP) is 2.10. The molecule has 1 aromatic heterocycles. The van der Waals surface area contributed by atoms with Crippen molar-refractivity contribution in [2.75, 3.05) is 13.1 Å². The third-order valence-corrected chi connectivity index (χ3v) is 4.37. The van der Waals surface area contributed by atoms with Crippen LogP contribution in [0.1, 0.15) is 41.7 Å². The molecule has 1 aliphatic heterocycles. The van der Waals surface area contributed by atoms with E-state index in [0.717, 1.165) is 12.8 Å². The van der Waals surface area contributed by atoms with Crippen molar-refractivity contribution in [2.45, 2.75) is 25.7 Å². The van der Waals surface area contributed by atoms with Crippen molar-refractivity contribution in [2.24, 2.45) is 5.73 Å². The number of carbonyl (C=O) groups excluding carboxylic acids is 2. The fourth-order valence-electron chi connectivity index (χ4n) is 3.06. The second kappa shape index (κ2) is 8.32. The third kappa shape index (κ3) is 4.42. The number of nitrogens with two attached hydrogens (primary N) is 1. The van der Waals surface area contributed by atoms with E-state index in [1.54, 1.807) is 48.5 Å². The average Bonchev–Trinajstić information content (AvgIpc) is 2.69. The van der Waals surface area contributed by atoms with Crippen molar-refractivity contribution in [3.05, 3.63) is 47.9 Å². The summed E-state index contributed by atoms with van der Waals surface area (Å²) in [6, 6.07) is 6.51. The van der Waals surface area contributed by atoms with Gasteiger partial charge in [0.05, 0.1) is 0 Å². The van der Waals surface area contributed by atoms with Crippen LogP contribution < -0.4 is 10.5 Å². The lowest BCUT2D eigenvalue weighted by molar-refractivity contribution is -0.126. The van der Waals surface area contributed by atoms with Gasteiger partial charge in [-0.1, -0.05) is 5.92 Å². The summed E-state index contributed by atoms with van der Waals surface area (Å²) in [5.74, 6) is 5.52. The minimum absolute atomic E-state index is 0.0231. The van der Waals surface area contributed by atoms with Crippen LogP contribution in [0.2, 0.25) is 0 Å². The number of piperidine rings is 1. The highest BCUT2D eigenvalue weighted by Gasteiger charge is 2.27. The Hall–Kier alpha value is -3.40. The van der Waals surface area contributed by atoms with Gasteiger partial charge in [0.2, 0.25) is 11.8 Å². The lowest BCUT2D eigenvalue weighted by Crippen LogP contribution is -2.38. The molecule has 1 saturated heterocycles. The summed E-state index contributed by atoms with van der Waals surface area (Å²) in [4.78, 5) is 33.8. The van der Waals surface area contributed by atoms with Crippen LogP contribution in [-0.2, 0) is 4.79 Å². The number of amides is 2. The van der Waals surface area contributed by atoms with Gasteiger partial charge in [-0.25, -0.2) is 4.98 Å². The zero-order valence-corrected chi connectivity index (χ0v) is 15.0. The molecule has 0 bridgehead atoms. The minimum Gasteiger partial charge on any atom is -0.437 e. The monoisotopic (exact) mass is 364 g/mol. The molecule has 2 amide bonds. The lowest BCUT2D eigenvalue weighted by Gasteiger charge is -2.31. The number of ether oxygens (including phenoxy) is 1. The Labute approximate surface area is 157 Å². The maximum atomic E-state index is 12.1. The van der Waals surface area contributed by atoms with E-state index in [9.17, 15) is 9.59 Å². The Morgan fingerprint density at radius 2 is 1.96 bits per heavy atom. The van der Waals surface area contributed by atoms with Gasteiger partial charge in [-0.2, -0.15) is 0 Å². The van der Waals surface area contributed by atoms with Gasteiger partial charge >= 0.3 is 0 Å². The molecule has 7 nitrogen and oxygen atoms in total. The first-order valence-corrected chi connectivity index (χ1v) is 8.68. The number of aromatic nitrogens is 2. The lowest BCUT2D eigenvalue weighted by atomic mass is 9.94. The second-order valence-electron chi connectivity index (χ2n) is 6.20. The molecule has 3 rings (SSSR count). The molecule has 0 spiro atoms. The first-order chi connectivity index (χ1) is 13.1. The molecular weight excluding hydrogens is 344 g/mol. The van der Waals surface area contributed by atoms with Crippen LogP contribution >= 0.6 is 0 Å². The maximum absolute atomic E-state index is 12.1. The summed E-state index contributed by atoms with van der Waals surface area (Å²) in [5, 5.41) is 0. The predicted molar refractivity (Wildman–Crippen MR) is 99.1 cm³/mol. The Kier molecular flexibility index (Phi) is 5.67. The molecule has 0 radical (unpaired) electrons. The summed E-state index contributed by atoms with van der Waals surface area (Å²) in [5.41, 5.74) is 6.36. The van der Waals surface area contributed by atoms with E-state index in [4.69, 9.17) is 10.5 Å². The molecule has 1 atom stereocenters. The Morgan fingerprint density at radius 3 is 2.67 bits per heavy atom. The van der Waals surface area contributed by atoms with Crippen LogP contribution in [-0.4, -0.2) is 39.8 Å². The summed E-state index contributed by atoms with van der Waals surface area (Å²) in [7, 11) is 0. The first-order valence-electron chi connectivity index (χ1n) is 8.68. The SMILES string of the molecule is CC#CC(=O)N1CCCC(c2nccnc2Oc2ccc(C(N)=O)cc2)C1. The molecular formula is C20H20N4O3. The average molecular weight is 364 g/mol. The fraction of sp³-hybridized carbons (Fsp3) is 0.300. The van der Waals surface area contributed by atoms with Gasteiger partial charge in [-0.05, 0) is 50.0 Å². The molecule has 138 valence electrons. The van der Waals surface area contributed by atoms with Crippen LogP contribution in [0.15, 0.2) is 36.7 Å². The zero-order valence-electron chi connectivity index (χ0n) is 15.0. The van der Waals surface area contributed by atoms with Gasteiger partial charge in [0, 0.05) is 37.0 Å². The second-order valence-corrected chi connectivity index (χ2v) is 6.20. The van der Waals surface area contributed by atoms with Crippen molar-refractivity contribution in [3.63, 3.8) is 0 Å². The Balaban J connectivity index is 1.79. The summed E-state index contributed by atoms with van der Waals surface area (Å²) >= 11 is 0. The van der Waals surface area contributed by atoms with Crippen LogP contribution in [0.3, 0.4) is 0 Å². The molecule has 2 aromatic rings. The van der Waals surface area contributed by atoms with Crippen molar-refractivity contribution in [3.8, 4) is 23.5 Å². The van der Waals surface area contributed by atoms with Gasteiger partial charge in [-0.15, -0.1) is 0 Å². The molecule has 0 aliphatic carbocycles. The number of hydrogen-bond acceptors (Lipinski definition) is 5. The highest BCUT2D eigenvalue weighted by Crippen LogP contribution is 2.32. The molecule has 1 fully saturated rings. The fourth-order valence-corrected chi connectivity index (χ4v) is 3.06. The molecule has 1 unspecified atom stereocenters. The van der Waals surface area contributed by atoms with E-state index in [1.165, 1.54) is 0 Å². The number of rotatable bonds is 4. The van der Waals surface area contributed by atoms with Crippen LogP contribution in [0.5, 0.6) is 11.6 Å². The van der Waals surface area contributed by atoms with Crippen molar-refractivity contribution in [1.29, 1.82) is 0 Å². The van der Waals surface area contributed by atoms with Crippen molar-refractivity contribution < 1.29 is 14.3 Å². The quantitative estimate of drug-likeness (QED) is 0.838. The standard InChI is InChI=1S/C20H20N4O3/c1-2-4-17(25)24-12-3-5-15(13-24)18-20(23-11-10-22-18)27-16-8-6-14(7-9-16)19(21)26/h6-11,15H,3,5,12-13H2,1H3,(H2,21,26). The summed E-state index contributed by atoms with van der Waals surface area (Å²) < 4.78 is 5.88. The molecule has 2 N–H and O–H groups in total. The van der Waals surface area contributed by atoms with Gasteiger partial charge in [0.15, 0.2) is 0 Å². The zero-order chi connectivity index (χ0) is 19.2. The highest BCUT2D eigenvalue weighted by molar-refractivity contribution is 5.93. The molecule has 27 heavy (non-hydrogen) atoms. The minimum atomic E-state index is -0.496. The molecule has 1 aliphatic rings. The molecule has 2 heterocycles. The van der Waals surface area contributed by atoms with Crippen LogP contribution in [0.4, 0.5) is 0 Å². The number of nitrogens with zero attached hydrogens (tertiary/aromatic N) is 3. The van der Waals surface area contributed by atoms with Crippen LogP contribution in [0, 0.1) is 11.8 Å². The van der Waals surface area contributed by atoms with Crippen molar-refractivity contribution in [1.82, 2.24) is 14.9 Å². The topological polar surface area (TPSA) is 98.4 Å². The van der Waals surface area contributed by atoms with Crippen LogP contribution in [0.25, 0.3) is 0 Å². The van der Waals surface area contributed by atoms with Gasteiger partial charge < -0.3 is 15.4 Å². The number of carbonyl (C=O) groups is 2. The smallest absolute Gasteiger partial charge is 0.298 e. The normalized spacial score (nSPS) is 16.2. The molecule has 0 saturated carbocycles. The summed E-state index contributed by atoms with van der Waals surface area (Å²) in [6.45, 7) is 2.87.